The molecule has 1 aromatic carbocycles. The lowest BCUT2D eigenvalue weighted by Crippen LogP contribution is -2.40. The van der Waals surface area contributed by atoms with Gasteiger partial charge < -0.3 is 14.5 Å². The second-order valence-corrected chi connectivity index (χ2v) is 8.31. The number of fused-ring (bicyclic) bond motifs is 1. The molecule has 0 unspecified atom stereocenters. The van der Waals surface area contributed by atoms with Crippen LogP contribution in [-0.2, 0) is 16.0 Å². The van der Waals surface area contributed by atoms with E-state index in [2.05, 4.69) is 19.0 Å². The van der Waals surface area contributed by atoms with Crippen molar-refractivity contribution in [3.8, 4) is 0 Å². The zero-order valence-electron chi connectivity index (χ0n) is 14.4. The molecule has 3 heterocycles. The molecule has 24 heavy (non-hydrogen) atoms. The van der Waals surface area contributed by atoms with Crippen molar-refractivity contribution in [3.63, 3.8) is 0 Å². The number of carbonyl (C=O) groups is 1. The van der Waals surface area contributed by atoms with Gasteiger partial charge in [0.1, 0.15) is 0 Å². The van der Waals surface area contributed by atoms with Crippen molar-refractivity contribution in [2.45, 2.75) is 31.0 Å². The lowest BCUT2D eigenvalue weighted by Gasteiger charge is -2.30. The van der Waals surface area contributed by atoms with Gasteiger partial charge in [-0.15, -0.1) is 0 Å². The first-order chi connectivity index (χ1) is 11.5. The second-order valence-electron chi connectivity index (χ2n) is 7.87. The number of halogens is 1. The fourth-order valence-electron chi connectivity index (χ4n) is 4.98. The minimum Gasteiger partial charge on any atom is -0.369 e. The van der Waals surface area contributed by atoms with Gasteiger partial charge >= 0.3 is 0 Å². The highest BCUT2D eigenvalue weighted by Crippen LogP contribution is 2.54. The third kappa shape index (κ3) is 2.75. The molecule has 3 aliphatic rings. The highest BCUT2D eigenvalue weighted by Gasteiger charge is 2.63. The molecule has 4 atom stereocenters. The van der Waals surface area contributed by atoms with Crippen LogP contribution in [0, 0.1) is 11.8 Å². The maximum Gasteiger partial charge on any atom is 0.227 e. The molecule has 5 heteroatoms. The monoisotopic (exact) mass is 348 g/mol. The van der Waals surface area contributed by atoms with Crippen LogP contribution < -0.4 is 0 Å². The fraction of sp³-hybridized carbons (Fsp3) is 0.632. The molecule has 3 saturated heterocycles. The Hall–Kier alpha value is -1.10. The summed E-state index contributed by atoms with van der Waals surface area (Å²) in [6.07, 6.45) is 3.06. The predicted octanol–water partition coefficient (Wildman–Crippen LogP) is 2.45. The summed E-state index contributed by atoms with van der Waals surface area (Å²) in [7, 11) is 4.24. The summed E-state index contributed by atoms with van der Waals surface area (Å²) in [5.41, 5.74) is 0.909. The molecule has 130 valence electrons. The number of carbonyl (C=O) groups excluding carboxylic acids is 1. The lowest BCUT2D eigenvalue weighted by atomic mass is 9.73. The first kappa shape index (κ1) is 16.4. The molecular formula is C19H25ClN2O2. The fourth-order valence-corrected chi connectivity index (χ4v) is 5.19. The van der Waals surface area contributed by atoms with E-state index in [0.717, 1.165) is 38.0 Å². The van der Waals surface area contributed by atoms with Crippen LogP contribution in [0.3, 0.4) is 0 Å². The molecule has 3 aliphatic heterocycles. The maximum atomic E-state index is 12.8. The summed E-state index contributed by atoms with van der Waals surface area (Å²) in [4.78, 5) is 17.0. The lowest BCUT2D eigenvalue weighted by molar-refractivity contribution is -0.131. The Kier molecular flexibility index (Phi) is 4.10. The van der Waals surface area contributed by atoms with E-state index in [1.807, 2.05) is 29.2 Å². The third-order valence-electron chi connectivity index (χ3n) is 5.96. The molecule has 1 spiro atoms. The number of rotatable bonds is 4. The number of ether oxygens (including phenoxy) is 1. The topological polar surface area (TPSA) is 32.8 Å². The molecule has 1 aromatic rings. The van der Waals surface area contributed by atoms with E-state index < -0.39 is 0 Å². The van der Waals surface area contributed by atoms with Gasteiger partial charge in [0.05, 0.1) is 24.7 Å². The van der Waals surface area contributed by atoms with Crippen LogP contribution >= 0.6 is 11.6 Å². The van der Waals surface area contributed by atoms with Gasteiger partial charge in [-0.05, 0) is 44.6 Å². The maximum absolute atomic E-state index is 12.8. The third-order valence-corrected chi connectivity index (χ3v) is 6.19. The Morgan fingerprint density at radius 2 is 2.29 bits per heavy atom. The molecule has 1 amide bonds. The number of benzene rings is 1. The Morgan fingerprint density at radius 3 is 3.04 bits per heavy atom. The Balaban J connectivity index is 1.46. The number of nitrogens with zero attached hydrogens (tertiary/aromatic N) is 2. The number of amides is 1. The number of hydrogen-bond donors (Lipinski definition) is 0. The van der Waals surface area contributed by atoms with E-state index >= 15 is 0 Å². The van der Waals surface area contributed by atoms with E-state index in [4.69, 9.17) is 16.3 Å². The summed E-state index contributed by atoms with van der Waals surface area (Å²) in [5.74, 6) is 1.23. The standard InChI is InChI=1S/C19H25ClN2O2/c1-21(2)10-15-16-11-22(12-19(16)7-6-17(15)24-19)18(23)9-13-4-3-5-14(20)8-13/h3-5,8,15-17H,6-7,9-12H2,1-2H3/t15-,16+,17+,19+/m0/s1. The zero-order chi connectivity index (χ0) is 16.9. The van der Waals surface area contributed by atoms with Crippen molar-refractivity contribution in [2.24, 2.45) is 11.8 Å². The molecular weight excluding hydrogens is 324 g/mol. The van der Waals surface area contributed by atoms with Crippen LogP contribution in [0.15, 0.2) is 24.3 Å². The highest BCUT2D eigenvalue weighted by atomic mass is 35.5. The molecule has 4 rings (SSSR count). The minimum atomic E-state index is -0.0741. The van der Waals surface area contributed by atoms with Crippen LogP contribution in [0.4, 0.5) is 0 Å². The first-order valence-corrected chi connectivity index (χ1v) is 9.19. The largest absolute Gasteiger partial charge is 0.369 e. The van der Waals surface area contributed by atoms with Gasteiger partial charge in [0.2, 0.25) is 5.91 Å². The molecule has 0 N–H and O–H groups in total. The minimum absolute atomic E-state index is 0.0741. The summed E-state index contributed by atoms with van der Waals surface area (Å²) in [5, 5.41) is 0.685. The Bertz CT molecular complexity index is 650. The van der Waals surface area contributed by atoms with E-state index in [-0.39, 0.29) is 11.5 Å². The molecule has 0 aromatic heterocycles. The summed E-state index contributed by atoms with van der Waals surface area (Å²) in [6.45, 7) is 2.65. The molecule has 0 saturated carbocycles. The van der Waals surface area contributed by atoms with Gasteiger partial charge in [-0.25, -0.2) is 0 Å². The molecule has 0 aliphatic carbocycles. The van der Waals surface area contributed by atoms with Gasteiger partial charge in [-0.2, -0.15) is 0 Å². The van der Waals surface area contributed by atoms with Gasteiger partial charge in [0.25, 0.3) is 0 Å². The molecule has 2 bridgehead atoms. The van der Waals surface area contributed by atoms with Gasteiger partial charge in [-0.3, -0.25) is 4.79 Å². The predicted molar refractivity (Wildman–Crippen MR) is 94.1 cm³/mol. The van der Waals surface area contributed by atoms with Crippen molar-refractivity contribution < 1.29 is 9.53 Å². The molecule has 4 nitrogen and oxygen atoms in total. The van der Waals surface area contributed by atoms with Crippen molar-refractivity contribution in [2.75, 3.05) is 33.7 Å². The van der Waals surface area contributed by atoms with E-state index in [1.54, 1.807) is 0 Å². The zero-order valence-corrected chi connectivity index (χ0v) is 15.1. The number of likely N-dealkylation sites (tertiary alicyclic amines) is 1. The average molecular weight is 349 g/mol. The normalized spacial score (nSPS) is 34.2. The second kappa shape index (κ2) is 6.01. The SMILES string of the molecule is CN(C)C[C@H]1[C@H]2CN(C(=O)Cc3cccc(Cl)c3)C[C@]23CC[C@H]1O3. The number of hydrogen-bond acceptors (Lipinski definition) is 3. The van der Waals surface area contributed by atoms with Gasteiger partial charge in [-0.1, -0.05) is 23.7 Å². The smallest absolute Gasteiger partial charge is 0.227 e. The Labute approximate surface area is 148 Å². The van der Waals surface area contributed by atoms with Gasteiger partial charge in [0.15, 0.2) is 0 Å². The van der Waals surface area contributed by atoms with Crippen LogP contribution in [0.25, 0.3) is 0 Å². The van der Waals surface area contributed by atoms with Crippen LogP contribution in [0.5, 0.6) is 0 Å². The highest BCUT2D eigenvalue weighted by molar-refractivity contribution is 6.30. The summed E-state index contributed by atoms with van der Waals surface area (Å²) >= 11 is 6.03. The molecule has 3 fully saturated rings. The van der Waals surface area contributed by atoms with Crippen LogP contribution in [0.2, 0.25) is 5.02 Å². The summed E-state index contributed by atoms with van der Waals surface area (Å²) in [6, 6.07) is 7.59. The van der Waals surface area contributed by atoms with Gasteiger partial charge in [0, 0.05) is 29.9 Å². The van der Waals surface area contributed by atoms with Crippen LogP contribution in [-0.4, -0.2) is 61.1 Å². The van der Waals surface area contributed by atoms with Crippen LogP contribution in [0.1, 0.15) is 18.4 Å². The van der Waals surface area contributed by atoms with Crippen molar-refractivity contribution in [3.05, 3.63) is 34.9 Å². The Morgan fingerprint density at radius 1 is 1.46 bits per heavy atom. The molecule has 0 radical (unpaired) electrons. The average Bonchev–Trinajstić information content (AvgIpc) is 3.16. The summed E-state index contributed by atoms with van der Waals surface area (Å²) < 4.78 is 6.41. The van der Waals surface area contributed by atoms with E-state index in [1.165, 1.54) is 0 Å². The van der Waals surface area contributed by atoms with Crippen molar-refractivity contribution in [1.29, 1.82) is 0 Å². The van der Waals surface area contributed by atoms with E-state index in [9.17, 15) is 4.79 Å². The van der Waals surface area contributed by atoms with Crippen molar-refractivity contribution >= 4 is 17.5 Å². The first-order valence-electron chi connectivity index (χ1n) is 8.82. The quantitative estimate of drug-likeness (QED) is 0.838. The van der Waals surface area contributed by atoms with Crippen molar-refractivity contribution in [1.82, 2.24) is 9.80 Å². The van der Waals surface area contributed by atoms with E-state index in [0.29, 0.717) is 29.4 Å².